The van der Waals surface area contributed by atoms with E-state index < -0.39 is 18.3 Å². The van der Waals surface area contributed by atoms with Crippen LogP contribution in [0.4, 0.5) is 18.9 Å². The zero-order valence-corrected chi connectivity index (χ0v) is 6.97. The molecule has 0 amide bonds. The topological polar surface area (TPSA) is 62.7 Å². The molecule has 0 fully saturated rings. The fourth-order valence-electron chi connectivity index (χ4n) is 1.02. The summed E-state index contributed by atoms with van der Waals surface area (Å²) in [7, 11) is 0. The van der Waals surface area contributed by atoms with Crippen LogP contribution >= 0.6 is 0 Å². The van der Waals surface area contributed by atoms with Gasteiger partial charge in [0.15, 0.2) is 5.69 Å². The molecule has 0 atom stereocenters. The molecule has 14 heavy (non-hydrogen) atoms. The van der Waals surface area contributed by atoms with E-state index in [1.54, 1.807) is 6.07 Å². The molecule has 0 aliphatic heterocycles. The number of alkyl halides is 3. The number of halogens is 3. The molecule has 0 aliphatic rings. The summed E-state index contributed by atoms with van der Waals surface area (Å²) in [5, 5.41) is 8.33. The fraction of sp³-hybridized carbons (Fsp3) is 0.250. The van der Waals surface area contributed by atoms with Gasteiger partial charge in [-0.05, 0) is 6.07 Å². The summed E-state index contributed by atoms with van der Waals surface area (Å²) < 4.78 is 37.0. The summed E-state index contributed by atoms with van der Waals surface area (Å²) >= 11 is 0. The number of hydrogen-bond donors (Lipinski definition) is 1. The third-order valence-corrected chi connectivity index (χ3v) is 1.62. The number of anilines is 1. The Kier molecular flexibility index (Phi) is 2.60. The van der Waals surface area contributed by atoms with Crippen LogP contribution in [0.2, 0.25) is 0 Å². The second kappa shape index (κ2) is 3.54. The molecule has 0 aromatic carbocycles. The number of nitriles is 1. The van der Waals surface area contributed by atoms with E-state index in [0.717, 1.165) is 6.20 Å². The van der Waals surface area contributed by atoms with Crippen molar-refractivity contribution in [3.63, 3.8) is 0 Å². The Morgan fingerprint density at radius 3 is 2.64 bits per heavy atom. The van der Waals surface area contributed by atoms with E-state index in [9.17, 15) is 13.2 Å². The highest BCUT2D eigenvalue weighted by atomic mass is 19.4. The minimum Gasteiger partial charge on any atom is -0.398 e. The van der Waals surface area contributed by atoms with Gasteiger partial charge in [-0.25, -0.2) is 0 Å². The fourth-order valence-corrected chi connectivity index (χ4v) is 1.02. The average Bonchev–Trinajstić information content (AvgIpc) is 2.07. The standard InChI is InChI=1S/C8H6F3N3/c9-8(10,11)7-5(1-3-12)6(13)2-4-14-7/h2,4H,1H2,(H2,13,14). The number of nitrogens with two attached hydrogens (primary N) is 1. The van der Waals surface area contributed by atoms with Crippen molar-refractivity contribution < 1.29 is 13.2 Å². The monoisotopic (exact) mass is 201 g/mol. The Morgan fingerprint density at radius 1 is 1.50 bits per heavy atom. The molecule has 1 heterocycles. The van der Waals surface area contributed by atoms with Crippen molar-refractivity contribution in [1.82, 2.24) is 4.98 Å². The number of hydrogen-bond acceptors (Lipinski definition) is 3. The number of nitrogens with zero attached hydrogens (tertiary/aromatic N) is 2. The molecule has 6 heteroatoms. The molecular formula is C8H6F3N3. The molecule has 3 nitrogen and oxygen atoms in total. The minimum atomic E-state index is -4.57. The van der Waals surface area contributed by atoms with Crippen LogP contribution in [-0.4, -0.2) is 4.98 Å². The van der Waals surface area contributed by atoms with Gasteiger partial charge >= 0.3 is 6.18 Å². The van der Waals surface area contributed by atoms with Crippen LogP contribution in [0.15, 0.2) is 12.3 Å². The first-order valence-corrected chi connectivity index (χ1v) is 3.64. The van der Waals surface area contributed by atoms with Crippen molar-refractivity contribution in [2.45, 2.75) is 12.6 Å². The first kappa shape index (κ1) is 10.3. The summed E-state index contributed by atoms with van der Waals surface area (Å²) in [6.07, 6.45) is -3.99. The van der Waals surface area contributed by atoms with E-state index in [4.69, 9.17) is 11.0 Å². The van der Waals surface area contributed by atoms with Crippen LogP contribution in [-0.2, 0) is 12.6 Å². The summed E-state index contributed by atoms with van der Waals surface area (Å²) in [5.74, 6) is 0. The third kappa shape index (κ3) is 1.93. The molecule has 0 saturated heterocycles. The zero-order valence-electron chi connectivity index (χ0n) is 6.97. The lowest BCUT2D eigenvalue weighted by molar-refractivity contribution is -0.141. The maximum absolute atomic E-state index is 12.3. The van der Waals surface area contributed by atoms with Crippen molar-refractivity contribution in [2.75, 3.05) is 5.73 Å². The molecule has 74 valence electrons. The van der Waals surface area contributed by atoms with Crippen molar-refractivity contribution >= 4 is 5.69 Å². The molecule has 0 spiro atoms. The van der Waals surface area contributed by atoms with Crippen molar-refractivity contribution in [3.05, 3.63) is 23.5 Å². The Bertz CT molecular complexity index is 378. The lowest BCUT2D eigenvalue weighted by atomic mass is 10.1. The lowest BCUT2D eigenvalue weighted by Gasteiger charge is -2.10. The maximum atomic E-state index is 12.3. The Labute approximate surface area is 78.0 Å². The maximum Gasteiger partial charge on any atom is 0.433 e. The van der Waals surface area contributed by atoms with Gasteiger partial charge in [-0.1, -0.05) is 0 Å². The summed E-state index contributed by atoms with van der Waals surface area (Å²) in [6, 6.07) is 2.86. The average molecular weight is 201 g/mol. The Morgan fingerprint density at radius 2 is 2.14 bits per heavy atom. The van der Waals surface area contributed by atoms with Gasteiger partial charge < -0.3 is 5.73 Å². The minimum absolute atomic E-state index is 0.0612. The Hall–Kier alpha value is -1.77. The quantitative estimate of drug-likeness (QED) is 0.752. The van der Waals surface area contributed by atoms with Gasteiger partial charge in [-0.3, -0.25) is 4.98 Å². The van der Waals surface area contributed by atoms with Crippen LogP contribution < -0.4 is 5.73 Å². The SMILES string of the molecule is N#CCc1c(N)ccnc1C(F)(F)F. The molecule has 1 rings (SSSR count). The first-order valence-electron chi connectivity index (χ1n) is 3.64. The van der Waals surface area contributed by atoms with Crippen LogP contribution in [0.25, 0.3) is 0 Å². The largest absolute Gasteiger partial charge is 0.433 e. The van der Waals surface area contributed by atoms with Crippen LogP contribution in [0.5, 0.6) is 0 Å². The summed E-state index contributed by atoms with van der Waals surface area (Å²) in [5.41, 5.74) is 3.91. The highest BCUT2D eigenvalue weighted by Gasteiger charge is 2.35. The van der Waals surface area contributed by atoms with Gasteiger partial charge in [-0.2, -0.15) is 18.4 Å². The summed E-state index contributed by atoms with van der Waals surface area (Å²) in [6.45, 7) is 0. The molecule has 0 bridgehead atoms. The number of rotatable bonds is 1. The molecule has 1 aromatic heterocycles. The van der Waals surface area contributed by atoms with Crippen molar-refractivity contribution in [3.8, 4) is 6.07 Å². The first-order chi connectivity index (χ1) is 6.46. The van der Waals surface area contributed by atoms with Gasteiger partial charge in [0, 0.05) is 17.4 Å². The number of nitrogen functional groups attached to an aromatic ring is 1. The molecule has 1 aromatic rings. The lowest BCUT2D eigenvalue weighted by Crippen LogP contribution is -2.13. The van der Waals surface area contributed by atoms with Crippen LogP contribution in [0.3, 0.4) is 0 Å². The van der Waals surface area contributed by atoms with E-state index >= 15 is 0 Å². The summed E-state index contributed by atoms with van der Waals surface area (Å²) in [4.78, 5) is 3.17. The van der Waals surface area contributed by atoms with Gasteiger partial charge in [0.25, 0.3) is 0 Å². The number of aromatic nitrogens is 1. The smallest absolute Gasteiger partial charge is 0.398 e. The highest BCUT2D eigenvalue weighted by Crippen LogP contribution is 2.32. The van der Waals surface area contributed by atoms with Gasteiger partial charge in [-0.15, -0.1) is 0 Å². The normalized spacial score (nSPS) is 11.0. The van der Waals surface area contributed by atoms with Crippen LogP contribution in [0, 0.1) is 11.3 Å². The highest BCUT2D eigenvalue weighted by molar-refractivity contribution is 5.50. The van der Waals surface area contributed by atoms with Gasteiger partial charge in [0.2, 0.25) is 0 Å². The second-order valence-corrected chi connectivity index (χ2v) is 2.56. The van der Waals surface area contributed by atoms with Gasteiger partial charge in [0.05, 0.1) is 12.5 Å². The van der Waals surface area contributed by atoms with Crippen LogP contribution in [0.1, 0.15) is 11.3 Å². The van der Waals surface area contributed by atoms with E-state index in [1.807, 2.05) is 0 Å². The molecule has 0 unspecified atom stereocenters. The van der Waals surface area contributed by atoms with E-state index in [1.165, 1.54) is 6.07 Å². The number of pyridine rings is 1. The van der Waals surface area contributed by atoms with Crippen molar-refractivity contribution in [1.29, 1.82) is 5.26 Å². The van der Waals surface area contributed by atoms with E-state index in [2.05, 4.69) is 4.98 Å². The third-order valence-electron chi connectivity index (χ3n) is 1.62. The van der Waals surface area contributed by atoms with Gasteiger partial charge in [0.1, 0.15) is 0 Å². The second-order valence-electron chi connectivity index (χ2n) is 2.56. The molecule has 0 radical (unpaired) electrons. The molecule has 2 N–H and O–H groups in total. The molecule has 0 aliphatic carbocycles. The Balaban J connectivity index is 3.30. The van der Waals surface area contributed by atoms with Crippen molar-refractivity contribution in [2.24, 2.45) is 0 Å². The molecule has 0 saturated carbocycles. The van der Waals surface area contributed by atoms with E-state index in [0.29, 0.717) is 0 Å². The predicted octanol–water partition coefficient (Wildman–Crippen LogP) is 1.75. The predicted molar refractivity (Wildman–Crippen MR) is 43.0 cm³/mol. The molecular weight excluding hydrogens is 195 g/mol. The van der Waals surface area contributed by atoms with E-state index in [-0.39, 0.29) is 11.3 Å². The zero-order chi connectivity index (χ0) is 10.8.